The van der Waals surface area contributed by atoms with Gasteiger partial charge in [-0.05, 0) is 31.4 Å². The molecule has 1 aromatic rings. The van der Waals surface area contributed by atoms with Crippen molar-refractivity contribution in [3.63, 3.8) is 0 Å². The number of aromatic nitrogens is 1. The van der Waals surface area contributed by atoms with Crippen LogP contribution in [0.4, 0.5) is 0 Å². The lowest BCUT2D eigenvalue weighted by Crippen LogP contribution is -2.40. The largest absolute Gasteiger partial charge is 0.463 e. The van der Waals surface area contributed by atoms with Crippen molar-refractivity contribution >= 4 is 27.1 Å². The quantitative estimate of drug-likeness (QED) is 0.148. The molecule has 3 atom stereocenters. The number of rotatable bonds is 12. The number of ether oxygens (including phenoxy) is 2. The van der Waals surface area contributed by atoms with Crippen LogP contribution >= 0.6 is 15.2 Å². The number of pyridine rings is 1. The fourth-order valence-corrected chi connectivity index (χ4v) is 4.94. The minimum Gasteiger partial charge on any atom is -0.463 e. The number of nitrogens with two attached hydrogens (primary N) is 1. The van der Waals surface area contributed by atoms with Gasteiger partial charge in [0.05, 0.1) is 5.41 Å². The Kier molecular flexibility index (Phi) is 9.92. The van der Waals surface area contributed by atoms with Gasteiger partial charge in [-0.15, -0.1) is 0 Å². The maximum Gasteiger partial charge on any atom is 0.375 e. The molecule has 13 nitrogen and oxygen atoms in total. The van der Waals surface area contributed by atoms with Crippen molar-refractivity contribution in [2.24, 2.45) is 17.1 Å². The summed E-state index contributed by atoms with van der Waals surface area (Å²) in [6.45, 7) is 4.50. The molecule has 6 N–H and O–H groups in total. The number of hydrogen-bond donors (Lipinski definition) is 5. The van der Waals surface area contributed by atoms with Gasteiger partial charge in [-0.1, -0.05) is 19.9 Å². The average Bonchev–Trinajstić information content (AvgIpc) is 2.70. The molecule has 0 fully saturated rings. The van der Waals surface area contributed by atoms with Gasteiger partial charge in [-0.3, -0.25) is 28.2 Å². The zero-order chi connectivity index (χ0) is 25.7. The molecule has 0 saturated heterocycles. The Labute approximate surface area is 191 Å². The molecule has 15 heteroatoms. The molecule has 0 aromatic carbocycles. The van der Waals surface area contributed by atoms with Gasteiger partial charge in [0, 0.05) is 18.8 Å². The Morgan fingerprint density at radius 2 is 1.79 bits per heavy atom. The minimum atomic E-state index is -5.63. The molecule has 0 spiro atoms. The highest BCUT2D eigenvalue weighted by molar-refractivity contribution is 7.72. The molecule has 1 rings (SSSR count). The van der Waals surface area contributed by atoms with Crippen LogP contribution in [0, 0.1) is 11.3 Å². The summed E-state index contributed by atoms with van der Waals surface area (Å²) in [5, 5.41) is 6.94. The highest BCUT2D eigenvalue weighted by Crippen LogP contribution is 2.70. The van der Waals surface area contributed by atoms with E-state index in [1.54, 1.807) is 13.8 Å². The van der Waals surface area contributed by atoms with Gasteiger partial charge in [0.15, 0.2) is 0 Å². The minimum absolute atomic E-state index is 0.0424. The molecule has 0 aliphatic heterocycles. The lowest BCUT2D eigenvalue weighted by Gasteiger charge is -2.32. The number of nitrogens with zero attached hydrogens (tertiary/aromatic N) is 1. The van der Waals surface area contributed by atoms with Crippen molar-refractivity contribution in [3.05, 3.63) is 30.1 Å². The standard InChI is InChI=1S/C18H30N2O11P2/c1-12(2)14(19)15(21)29-10-17(3,4)16(22)30-11-31-33(27,28)18(23,32(24,25)26)8-13-6-5-7-20-9-13/h5-7,9,12,14,23H,8,10-11,19H2,1-4H3,(H,27,28)(H2,24,25,26)/t14-,18?/m0/s1. The van der Waals surface area contributed by atoms with E-state index in [1.165, 1.54) is 32.2 Å². The summed E-state index contributed by atoms with van der Waals surface area (Å²) in [6.07, 6.45) is 1.52. The molecular formula is C18H30N2O11P2. The van der Waals surface area contributed by atoms with Crippen molar-refractivity contribution in [2.45, 2.75) is 45.2 Å². The van der Waals surface area contributed by atoms with Gasteiger partial charge in [0.25, 0.3) is 5.08 Å². The Bertz CT molecular complexity index is 919. The van der Waals surface area contributed by atoms with Gasteiger partial charge < -0.3 is 35.0 Å². The van der Waals surface area contributed by atoms with Gasteiger partial charge in [0.2, 0.25) is 6.79 Å². The third-order valence-corrected chi connectivity index (χ3v) is 8.77. The first-order valence-electron chi connectivity index (χ1n) is 9.68. The topological polar surface area (TPSA) is 216 Å². The van der Waals surface area contributed by atoms with Gasteiger partial charge >= 0.3 is 27.1 Å². The number of carbonyl (C=O) groups is 2. The predicted molar refractivity (Wildman–Crippen MR) is 114 cm³/mol. The summed E-state index contributed by atoms with van der Waals surface area (Å²) in [5.41, 5.74) is 4.29. The van der Waals surface area contributed by atoms with E-state index in [1.807, 2.05) is 0 Å². The van der Waals surface area contributed by atoms with Crippen molar-refractivity contribution < 1.29 is 52.5 Å². The molecule has 1 heterocycles. The Hall–Kier alpha value is -1.69. The highest BCUT2D eigenvalue weighted by Gasteiger charge is 2.61. The smallest absolute Gasteiger partial charge is 0.375 e. The number of hydrogen-bond acceptors (Lipinski definition) is 10. The summed E-state index contributed by atoms with van der Waals surface area (Å²) in [6, 6.07) is 1.82. The molecule has 0 radical (unpaired) electrons. The lowest BCUT2D eigenvalue weighted by molar-refractivity contribution is -0.167. The van der Waals surface area contributed by atoms with Crippen LogP contribution in [0.5, 0.6) is 0 Å². The molecule has 0 aliphatic carbocycles. The van der Waals surface area contributed by atoms with Crippen LogP contribution in [-0.4, -0.2) is 61.2 Å². The summed E-state index contributed by atoms with van der Waals surface area (Å²) >= 11 is 0. The van der Waals surface area contributed by atoms with Crippen LogP contribution in [-0.2, 0) is 39.1 Å². The Morgan fingerprint density at radius 1 is 1.18 bits per heavy atom. The molecule has 0 amide bonds. The number of aliphatic hydroxyl groups is 1. The van der Waals surface area contributed by atoms with E-state index in [0.29, 0.717) is 0 Å². The maximum absolute atomic E-state index is 12.6. The second-order valence-corrected chi connectivity index (χ2v) is 12.5. The van der Waals surface area contributed by atoms with Crippen LogP contribution in [0.25, 0.3) is 0 Å². The van der Waals surface area contributed by atoms with E-state index >= 15 is 0 Å². The van der Waals surface area contributed by atoms with E-state index < -0.39 is 63.5 Å². The van der Waals surface area contributed by atoms with E-state index in [9.17, 15) is 38.5 Å². The summed E-state index contributed by atoms with van der Waals surface area (Å²) in [4.78, 5) is 57.1. The predicted octanol–water partition coefficient (Wildman–Crippen LogP) is 0.703. The van der Waals surface area contributed by atoms with Gasteiger partial charge in [0.1, 0.15) is 12.6 Å². The molecular weight excluding hydrogens is 482 g/mol. The number of esters is 2. The van der Waals surface area contributed by atoms with E-state index in [-0.39, 0.29) is 11.5 Å². The third kappa shape index (κ3) is 7.66. The second-order valence-electron chi connectivity index (χ2n) is 8.32. The molecule has 188 valence electrons. The van der Waals surface area contributed by atoms with Crippen molar-refractivity contribution in [1.82, 2.24) is 4.98 Å². The van der Waals surface area contributed by atoms with Crippen molar-refractivity contribution in [3.8, 4) is 0 Å². The van der Waals surface area contributed by atoms with Crippen LogP contribution in [0.2, 0.25) is 0 Å². The van der Waals surface area contributed by atoms with Gasteiger partial charge in [-0.25, -0.2) is 0 Å². The van der Waals surface area contributed by atoms with Crippen LogP contribution in [0.3, 0.4) is 0 Å². The van der Waals surface area contributed by atoms with Crippen LogP contribution < -0.4 is 5.73 Å². The third-order valence-electron chi connectivity index (χ3n) is 4.62. The first kappa shape index (κ1) is 29.3. The first-order valence-corrected chi connectivity index (χ1v) is 12.9. The zero-order valence-corrected chi connectivity index (χ0v) is 20.4. The molecule has 33 heavy (non-hydrogen) atoms. The van der Waals surface area contributed by atoms with Crippen molar-refractivity contribution in [2.75, 3.05) is 13.4 Å². The van der Waals surface area contributed by atoms with E-state index in [0.717, 1.165) is 6.20 Å². The molecule has 2 unspecified atom stereocenters. The summed E-state index contributed by atoms with van der Waals surface area (Å²) in [5.74, 6) is -1.94. The van der Waals surface area contributed by atoms with E-state index in [4.69, 9.17) is 15.2 Å². The Balaban J connectivity index is 2.82. The molecule has 0 saturated carbocycles. The first-order chi connectivity index (χ1) is 14.9. The van der Waals surface area contributed by atoms with E-state index in [2.05, 4.69) is 9.51 Å². The monoisotopic (exact) mass is 512 g/mol. The summed E-state index contributed by atoms with van der Waals surface area (Å²) in [7, 11) is -11.1. The number of carbonyl (C=O) groups excluding carboxylic acids is 2. The molecule has 0 aliphatic rings. The lowest BCUT2D eigenvalue weighted by atomic mass is 9.95. The van der Waals surface area contributed by atoms with Crippen LogP contribution in [0.1, 0.15) is 33.3 Å². The highest BCUT2D eigenvalue weighted by atomic mass is 31.2. The normalized spacial score (nSPS) is 17.0. The van der Waals surface area contributed by atoms with Crippen molar-refractivity contribution in [1.29, 1.82) is 0 Å². The summed E-state index contributed by atoms with van der Waals surface area (Å²) < 4.78 is 38.7. The fraction of sp³-hybridized carbons (Fsp3) is 0.611. The van der Waals surface area contributed by atoms with Gasteiger partial charge in [-0.2, -0.15) is 0 Å². The van der Waals surface area contributed by atoms with Crippen LogP contribution in [0.15, 0.2) is 24.5 Å². The molecule has 0 bridgehead atoms. The average molecular weight is 512 g/mol. The second kappa shape index (κ2) is 11.2. The maximum atomic E-state index is 12.6. The SMILES string of the molecule is CC(C)[C@H](N)C(=O)OCC(C)(C)C(=O)OCOP(=O)(O)C(O)(Cc1cccnc1)P(=O)(O)O. The molecule has 1 aromatic heterocycles. The Morgan fingerprint density at radius 3 is 2.27 bits per heavy atom. The fourth-order valence-electron chi connectivity index (χ4n) is 2.27. The zero-order valence-electron chi connectivity index (χ0n) is 18.7.